The van der Waals surface area contributed by atoms with E-state index in [9.17, 15) is 9.59 Å². The van der Waals surface area contributed by atoms with Crippen LogP contribution in [0, 0.1) is 14.9 Å². The van der Waals surface area contributed by atoms with E-state index in [2.05, 4.69) is 38.5 Å². The maximum absolute atomic E-state index is 14.2. The number of hydrogen-bond donors (Lipinski definition) is 0. The van der Waals surface area contributed by atoms with E-state index in [4.69, 9.17) is 24.5 Å². The minimum absolute atomic E-state index is 0.138. The largest absolute Gasteiger partial charge is 0.497 e. The summed E-state index contributed by atoms with van der Waals surface area (Å²) in [6.07, 6.45) is 1.73. The van der Waals surface area contributed by atoms with E-state index in [0.29, 0.717) is 37.7 Å². The van der Waals surface area contributed by atoms with Crippen molar-refractivity contribution in [1.82, 2.24) is 4.57 Å². The second kappa shape index (κ2) is 13.1. The number of methoxy groups -OCH3 is 1. The number of benzene rings is 3. The fourth-order valence-electron chi connectivity index (χ4n) is 4.63. The number of aromatic nitrogens is 1. The van der Waals surface area contributed by atoms with E-state index in [0.717, 1.165) is 13.6 Å². The Labute approximate surface area is 267 Å². The lowest BCUT2D eigenvalue weighted by Crippen LogP contribution is -2.40. The summed E-state index contributed by atoms with van der Waals surface area (Å²) in [4.78, 5) is 33.1. The predicted molar refractivity (Wildman–Crippen MR) is 172 cm³/mol. The highest BCUT2D eigenvalue weighted by Crippen LogP contribution is 2.36. The molecule has 0 amide bonds. The van der Waals surface area contributed by atoms with E-state index >= 15 is 0 Å². The summed E-state index contributed by atoms with van der Waals surface area (Å²) in [7, 11) is 1.58. The quantitative estimate of drug-likeness (QED) is 0.181. The number of carbonyl (C=O) groups excluding carboxylic acids is 1. The zero-order chi connectivity index (χ0) is 29.8. The molecule has 0 saturated carbocycles. The van der Waals surface area contributed by atoms with Gasteiger partial charge < -0.3 is 14.2 Å². The number of fused-ring (bicyclic) bond motifs is 1. The number of thiazole rings is 1. The van der Waals surface area contributed by atoms with E-state index in [1.807, 2.05) is 60.7 Å². The van der Waals surface area contributed by atoms with Crippen molar-refractivity contribution in [2.24, 2.45) is 4.99 Å². The molecular formula is C31H23BrIN3O5S. The zero-order valence-corrected chi connectivity index (χ0v) is 27.0. The predicted octanol–water partition coefficient (Wildman–Crippen LogP) is 5.21. The monoisotopic (exact) mass is 755 g/mol. The van der Waals surface area contributed by atoms with Gasteiger partial charge in [-0.1, -0.05) is 69.7 Å². The Morgan fingerprint density at radius 3 is 2.60 bits per heavy atom. The van der Waals surface area contributed by atoms with Crippen LogP contribution in [0.4, 0.5) is 0 Å². The van der Waals surface area contributed by atoms with Crippen molar-refractivity contribution in [2.45, 2.75) is 13.0 Å². The molecule has 212 valence electrons. The first-order valence-corrected chi connectivity index (χ1v) is 15.5. The van der Waals surface area contributed by atoms with E-state index in [-0.39, 0.29) is 24.3 Å². The Morgan fingerprint density at radius 2 is 1.93 bits per heavy atom. The van der Waals surface area contributed by atoms with Crippen LogP contribution in [-0.4, -0.2) is 30.9 Å². The smallest absolute Gasteiger partial charge is 0.338 e. The topological polar surface area (TPSA) is 103 Å². The van der Waals surface area contributed by atoms with Gasteiger partial charge >= 0.3 is 5.97 Å². The normalized spacial score (nSPS) is 14.5. The molecule has 5 rings (SSSR count). The fraction of sp³-hybridized carbons (Fsp3) is 0.161. The molecule has 0 radical (unpaired) electrons. The number of nitrogens with zero attached hydrogens (tertiary/aromatic N) is 3. The molecule has 0 bridgehead atoms. The van der Waals surface area contributed by atoms with Crippen LogP contribution in [0.2, 0.25) is 0 Å². The molecule has 8 nitrogen and oxygen atoms in total. The molecule has 42 heavy (non-hydrogen) atoms. The average Bonchev–Trinajstić information content (AvgIpc) is 3.30. The fourth-order valence-corrected chi connectivity index (χ4v) is 7.33. The van der Waals surface area contributed by atoms with Gasteiger partial charge in [-0.15, -0.1) is 0 Å². The molecule has 1 aliphatic heterocycles. The summed E-state index contributed by atoms with van der Waals surface area (Å²) in [5.41, 5.74) is 2.44. The van der Waals surface area contributed by atoms with Crippen molar-refractivity contribution < 1.29 is 19.0 Å². The Bertz CT molecular complexity index is 1910. The summed E-state index contributed by atoms with van der Waals surface area (Å²) >= 11 is 6.86. The van der Waals surface area contributed by atoms with Crippen molar-refractivity contribution in [3.63, 3.8) is 0 Å². The number of esters is 1. The number of rotatable bonds is 8. The van der Waals surface area contributed by atoms with Crippen LogP contribution < -0.4 is 24.4 Å². The summed E-state index contributed by atoms with van der Waals surface area (Å²) in [6, 6.07) is 21.5. The third-order valence-electron chi connectivity index (χ3n) is 6.41. The molecule has 0 aliphatic carbocycles. The number of carbonyl (C=O) groups is 1. The lowest BCUT2D eigenvalue weighted by atomic mass is 9.93. The van der Waals surface area contributed by atoms with Crippen LogP contribution in [-0.2, 0) is 9.53 Å². The Kier molecular flexibility index (Phi) is 9.25. The first kappa shape index (κ1) is 29.8. The van der Waals surface area contributed by atoms with Crippen LogP contribution in [0.3, 0.4) is 0 Å². The molecule has 0 unspecified atom stereocenters. The molecule has 0 spiro atoms. The molecule has 4 aromatic rings. The van der Waals surface area contributed by atoms with Gasteiger partial charge in [-0.3, -0.25) is 9.36 Å². The first-order valence-electron chi connectivity index (χ1n) is 12.8. The molecule has 1 aromatic heterocycles. The molecule has 0 N–H and O–H groups in total. The molecule has 3 aromatic carbocycles. The van der Waals surface area contributed by atoms with Gasteiger partial charge in [0.05, 0.1) is 39.1 Å². The minimum Gasteiger partial charge on any atom is -0.497 e. The van der Waals surface area contributed by atoms with E-state index in [1.165, 1.54) is 15.9 Å². The molecule has 2 heterocycles. The highest BCUT2D eigenvalue weighted by atomic mass is 127. The average molecular weight is 756 g/mol. The van der Waals surface area contributed by atoms with Crippen molar-refractivity contribution in [3.05, 3.63) is 117 Å². The van der Waals surface area contributed by atoms with Crippen molar-refractivity contribution in [3.8, 4) is 17.6 Å². The number of nitriles is 1. The zero-order valence-electron chi connectivity index (χ0n) is 22.5. The van der Waals surface area contributed by atoms with Crippen molar-refractivity contribution >= 4 is 67.6 Å². The lowest BCUT2D eigenvalue weighted by molar-refractivity contribution is -0.138. The maximum Gasteiger partial charge on any atom is 0.338 e. The summed E-state index contributed by atoms with van der Waals surface area (Å²) in [6.45, 7) is 1.77. The van der Waals surface area contributed by atoms with Gasteiger partial charge in [-0.25, -0.2) is 9.79 Å². The highest BCUT2D eigenvalue weighted by Gasteiger charge is 2.35. The van der Waals surface area contributed by atoms with Gasteiger partial charge in [0.25, 0.3) is 5.56 Å². The van der Waals surface area contributed by atoms with Gasteiger partial charge in [-0.05, 0) is 65.4 Å². The van der Waals surface area contributed by atoms with Gasteiger partial charge in [-0.2, -0.15) is 5.26 Å². The molecule has 1 aliphatic rings. The summed E-state index contributed by atoms with van der Waals surface area (Å²) in [5.74, 6) is 0.587. The second-order valence-corrected chi connectivity index (χ2v) is 12.0. The first-order chi connectivity index (χ1) is 20.4. The third kappa shape index (κ3) is 5.92. The third-order valence-corrected chi connectivity index (χ3v) is 8.65. The molecule has 0 saturated heterocycles. The molecule has 1 atom stereocenters. The van der Waals surface area contributed by atoms with Crippen LogP contribution in [0.1, 0.15) is 29.7 Å². The van der Waals surface area contributed by atoms with E-state index < -0.39 is 12.0 Å². The van der Waals surface area contributed by atoms with Crippen molar-refractivity contribution in [2.75, 3.05) is 20.3 Å². The number of ether oxygens (including phenoxy) is 3. The van der Waals surface area contributed by atoms with Crippen LogP contribution in [0.15, 0.2) is 86.6 Å². The van der Waals surface area contributed by atoms with Gasteiger partial charge in [0.2, 0.25) is 0 Å². The van der Waals surface area contributed by atoms with Crippen LogP contribution in [0.25, 0.3) is 11.8 Å². The summed E-state index contributed by atoms with van der Waals surface area (Å²) < 4.78 is 20.1. The second-order valence-electron chi connectivity index (χ2n) is 8.96. The van der Waals surface area contributed by atoms with Gasteiger partial charge in [0.1, 0.15) is 17.6 Å². The number of halogens is 2. The SMILES string of the molecule is CCOC(=O)C1=C(c2ccccc2)N=c2s/c(=C\c3cc(Br)cc(I)c3OCC#N)c(=O)n2[C@@H]1c1ccc(OC)cc1. The summed E-state index contributed by atoms with van der Waals surface area (Å²) in [5, 5.41) is 9.09. The highest BCUT2D eigenvalue weighted by molar-refractivity contribution is 14.1. The molecule has 0 fully saturated rings. The Hall–Kier alpha value is -3.73. The number of hydrogen-bond acceptors (Lipinski definition) is 8. The van der Waals surface area contributed by atoms with Gasteiger partial charge in [0.15, 0.2) is 11.4 Å². The van der Waals surface area contributed by atoms with Crippen molar-refractivity contribution in [1.29, 1.82) is 5.26 Å². The van der Waals surface area contributed by atoms with Crippen LogP contribution in [0.5, 0.6) is 11.5 Å². The van der Waals surface area contributed by atoms with Gasteiger partial charge in [0, 0.05) is 15.6 Å². The lowest BCUT2D eigenvalue weighted by Gasteiger charge is -2.26. The van der Waals surface area contributed by atoms with E-state index in [1.54, 1.807) is 32.2 Å². The molecular weight excluding hydrogens is 733 g/mol. The maximum atomic E-state index is 14.2. The Morgan fingerprint density at radius 1 is 1.19 bits per heavy atom. The molecule has 11 heteroatoms. The minimum atomic E-state index is -0.805. The van der Waals surface area contributed by atoms with Crippen LogP contribution >= 0.6 is 49.9 Å². The Balaban J connectivity index is 1.82. The standard InChI is InChI=1S/C31H23BrIN3O5S/c1-3-40-30(38)25-26(18-7-5-4-6-8-18)35-31-36(27(25)19-9-11-22(39-2)12-10-19)29(37)24(42-31)16-20-15-21(32)17-23(33)28(20)41-14-13-34/h4-12,15-17,27H,3,14H2,1-2H3/b24-16-/t27-/m1/s1.